The lowest BCUT2D eigenvalue weighted by Crippen LogP contribution is -2.29. The maximum absolute atomic E-state index is 13.1. The fourth-order valence-electron chi connectivity index (χ4n) is 3.28. The molecule has 0 fully saturated rings. The number of amides is 1. The fourth-order valence-corrected chi connectivity index (χ4v) is 4.10. The van der Waals surface area contributed by atoms with Crippen LogP contribution in [0.3, 0.4) is 0 Å². The largest absolute Gasteiger partial charge is 0.493 e. The lowest BCUT2D eigenvalue weighted by molar-refractivity contribution is 0.0766. The van der Waals surface area contributed by atoms with Crippen LogP contribution in [-0.2, 0) is 22.0 Å². The van der Waals surface area contributed by atoms with Crippen LogP contribution in [-0.4, -0.2) is 53.3 Å². The third kappa shape index (κ3) is 4.76. The standard InChI is InChI=1S/C22H25NO6S/c1-23(12-11-15-9-10-19(27-2)20(13-15)28-3)22(24)21-17(14-30(4,25)26)16-7-5-6-8-18(16)29-21/h5-10,13H,11-12,14H2,1-4H3. The summed E-state index contributed by atoms with van der Waals surface area (Å²) >= 11 is 0. The summed E-state index contributed by atoms with van der Waals surface area (Å²) in [7, 11) is 1.47. The Labute approximate surface area is 176 Å². The van der Waals surface area contributed by atoms with Crippen LogP contribution in [0.5, 0.6) is 11.5 Å². The number of para-hydroxylation sites is 1. The molecule has 3 rings (SSSR count). The second-order valence-electron chi connectivity index (χ2n) is 7.14. The van der Waals surface area contributed by atoms with Crippen molar-refractivity contribution in [1.29, 1.82) is 0 Å². The van der Waals surface area contributed by atoms with Crippen molar-refractivity contribution in [3.8, 4) is 11.5 Å². The number of fused-ring (bicyclic) bond motifs is 1. The highest BCUT2D eigenvalue weighted by Gasteiger charge is 2.25. The first-order valence-corrected chi connectivity index (χ1v) is 11.4. The number of methoxy groups -OCH3 is 2. The van der Waals surface area contributed by atoms with Gasteiger partial charge in [-0.25, -0.2) is 8.42 Å². The number of likely N-dealkylation sites (N-methyl/N-ethyl adjacent to an activating group) is 1. The van der Waals surface area contributed by atoms with Crippen LogP contribution < -0.4 is 9.47 Å². The van der Waals surface area contributed by atoms with Gasteiger partial charge in [-0.2, -0.15) is 0 Å². The van der Waals surface area contributed by atoms with Gasteiger partial charge in [-0.1, -0.05) is 24.3 Å². The van der Waals surface area contributed by atoms with Crippen molar-refractivity contribution in [2.24, 2.45) is 0 Å². The number of hydrogen-bond acceptors (Lipinski definition) is 6. The molecule has 0 aliphatic heterocycles. The summed E-state index contributed by atoms with van der Waals surface area (Å²) in [6.45, 7) is 0.420. The molecule has 0 aliphatic carbocycles. The van der Waals surface area contributed by atoms with Crippen LogP contribution >= 0.6 is 0 Å². The Morgan fingerprint density at radius 1 is 1.07 bits per heavy atom. The van der Waals surface area contributed by atoms with E-state index in [1.807, 2.05) is 18.2 Å². The van der Waals surface area contributed by atoms with E-state index in [2.05, 4.69) is 0 Å². The first-order valence-electron chi connectivity index (χ1n) is 9.38. The summed E-state index contributed by atoms with van der Waals surface area (Å²) in [4.78, 5) is 14.6. The van der Waals surface area contributed by atoms with Crippen LogP contribution in [0.25, 0.3) is 11.0 Å². The van der Waals surface area contributed by atoms with Gasteiger partial charge in [0.1, 0.15) is 5.58 Å². The van der Waals surface area contributed by atoms with Crippen LogP contribution in [0.4, 0.5) is 0 Å². The van der Waals surface area contributed by atoms with E-state index in [4.69, 9.17) is 13.9 Å². The summed E-state index contributed by atoms with van der Waals surface area (Å²) < 4.78 is 40.2. The lowest BCUT2D eigenvalue weighted by Gasteiger charge is -2.17. The number of furan rings is 1. The minimum absolute atomic E-state index is 0.0661. The van der Waals surface area contributed by atoms with E-state index in [0.29, 0.717) is 41.0 Å². The van der Waals surface area contributed by atoms with Gasteiger partial charge in [-0.05, 0) is 30.2 Å². The molecule has 0 N–H and O–H groups in total. The van der Waals surface area contributed by atoms with Crippen LogP contribution in [0.2, 0.25) is 0 Å². The van der Waals surface area contributed by atoms with E-state index in [1.54, 1.807) is 45.5 Å². The molecule has 0 radical (unpaired) electrons. The number of benzene rings is 2. The zero-order valence-corrected chi connectivity index (χ0v) is 18.3. The van der Waals surface area contributed by atoms with Crippen LogP contribution in [0.1, 0.15) is 21.7 Å². The Bertz CT molecular complexity index is 1170. The Morgan fingerprint density at radius 2 is 1.77 bits per heavy atom. The van der Waals surface area contributed by atoms with Gasteiger partial charge in [0.15, 0.2) is 27.1 Å². The van der Waals surface area contributed by atoms with Crippen molar-refractivity contribution in [3.63, 3.8) is 0 Å². The fraction of sp³-hybridized carbons (Fsp3) is 0.318. The molecule has 2 aromatic carbocycles. The molecular formula is C22H25NO6S. The van der Waals surface area contributed by atoms with E-state index in [9.17, 15) is 13.2 Å². The molecule has 3 aromatic rings. The summed E-state index contributed by atoms with van der Waals surface area (Å²) in [5.74, 6) is 0.714. The van der Waals surface area contributed by atoms with Gasteiger partial charge in [0, 0.05) is 30.8 Å². The average molecular weight is 432 g/mol. The number of hydrogen-bond donors (Lipinski definition) is 0. The molecule has 8 heteroatoms. The number of carbonyl (C=O) groups is 1. The van der Waals surface area contributed by atoms with Crippen molar-refractivity contribution < 1.29 is 27.1 Å². The molecule has 0 unspecified atom stereocenters. The molecule has 30 heavy (non-hydrogen) atoms. The van der Waals surface area contributed by atoms with E-state index < -0.39 is 9.84 Å². The second-order valence-corrected chi connectivity index (χ2v) is 9.28. The first kappa shape index (κ1) is 21.7. The third-order valence-electron chi connectivity index (χ3n) is 4.83. The molecule has 0 saturated carbocycles. The Hall–Kier alpha value is -3.00. The molecule has 0 aliphatic rings. The molecule has 1 amide bonds. The Balaban J connectivity index is 1.82. The molecule has 160 valence electrons. The summed E-state index contributed by atoms with van der Waals surface area (Å²) in [6, 6.07) is 12.7. The van der Waals surface area contributed by atoms with Crippen molar-refractivity contribution in [1.82, 2.24) is 4.90 Å². The number of carbonyl (C=O) groups excluding carboxylic acids is 1. The molecule has 0 atom stereocenters. The highest BCUT2D eigenvalue weighted by atomic mass is 32.2. The molecule has 0 bridgehead atoms. The number of rotatable bonds is 8. The second kappa shape index (κ2) is 8.79. The van der Waals surface area contributed by atoms with Crippen molar-refractivity contribution >= 4 is 26.7 Å². The predicted molar refractivity (Wildman–Crippen MR) is 115 cm³/mol. The lowest BCUT2D eigenvalue weighted by atomic mass is 10.1. The zero-order valence-electron chi connectivity index (χ0n) is 17.5. The number of ether oxygens (including phenoxy) is 2. The van der Waals surface area contributed by atoms with Crippen LogP contribution in [0, 0.1) is 0 Å². The van der Waals surface area contributed by atoms with Gasteiger partial charge < -0.3 is 18.8 Å². The van der Waals surface area contributed by atoms with Gasteiger partial charge in [-0.3, -0.25) is 4.79 Å². The summed E-state index contributed by atoms with van der Waals surface area (Å²) in [5, 5.41) is 0.638. The minimum Gasteiger partial charge on any atom is -0.493 e. The van der Waals surface area contributed by atoms with Gasteiger partial charge in [-0.15, -0.1) is 0 Å². The Morgan fingerprint density at radius 3 is 2.43 bits per heavy atom. The average Bonchev–Trinajstić information content (AvgIpc) is 3.08. The summed E-state index contributed by atoms with van der Waals surface area (Å²) in [6.07, 6.45) is 1.73. The molecule has 7 nitrogen and oxygen atoms in total. The van der Waals surface area contributed by atoms with Crippen LogP contribution in [0.15, 0.2) is 46.9 Å². The third-order valence-corrected chi connectivity index (χ3v) is 5.64. The molecule has 0 spiro atoms. The van der Waals surface area contributed by atoms with E-state index >= 15 is 0 Å². The SMILES string of the molecule is COc1ccc(CCN(C)C(=O)c2oc3ccccc3c2CS(C)(=O)=O)cc1OC. The Kier molecular flexibility index (Phi) is 6.36. The first-order chi connectivity index (χ1) is 14.2. The monoisotopic (exact) mass is 431 g/mol. The minimum atomic E-state index is -3.35. The van der Waals surface area contributed by atoms with Crippen molar-refractivity contribution in [3.05, 3.63) is 59.4 Å². The van der Waals surface area contributed by atoms with Gasteiger partial charge in [0.05, 0.1) is 20.0 Å². The topological polar surface area (TPSA) is 86.0 Å². The molecular weight excluding hydrogens is 406 g/mol. The smallest absolute Gasteiger partial charge is 0.289 e. The summed E-state index contributed by atoms with van der Waals surface area (Å²) in [5.41, 5.74) is 1.87. The molecule has 1 aromatic heterocycles. The zero-order chi connectivity index (χ0) is 21.9. The van der Waals surface area contributed by atoms with Crippen molar-refractivity contribution in [2.45, 2.75) is 12.2 Å². The molecule has 1 heterocycles. The van der Waals surface area contributed by atoms with E-state index in [-0.39, 0.29) is 17.4 Å². The quantitative estimate of drug-likeness (QED) is 0.544. The van der Waals surface area contributed by atoms with E-state index in [0.717, 1.165) is 11.8 Å². The molecule has 0 saturated heterocycles. The van der Waals surface area contributed by atoms with Crippen molar-refractivity contribution in [2.75, 3.05) is 34.1 Å². The maximum atomic E-state index is 13.1. The van der Waals surface area contributed by atoms with Gasteiger partial charge >= 0.3 is 0 Å². The highest BCUT2D eigenvalue weighted by Crippen LogP contribution is 2.29. The normalized spacial score (nSPS) is 11.5. The van der Waals surface area contributed by atoms with E-state index in [1.165, 1.54) is 4.90 Å². The maximum Gasteiger partial charge on any atom is 0.289 e. The number of sulfone groups is 1. The highest BCUT2D eigenvalue weighted by molar-refractivity contribution is 7.89. The van der Waals surface area contributed by atoms with Gasteiger partial charge in [0.25, 0.3) is 5.91 Å². The number of nitrogens with zero attached hydrogens (tertiary/aromatic N) is 1. The van der Waals surface area contributed by atoms with Gasteiger partial charge in [0.2, 0.25) is 0 Å². The predicted octanol–water partition coefficient (Wildman–Crippen LogP) is 3.31.